The van der Waals surface area contributed by atoms with Gasteiger partial charge in [0.05, 0.1) is 13.7 Å². The fourth-order valence-corrected chi connectivity index (χ4v) is 3.76. The number of ether oxygens (including phenoxy) is 1. The molecule has 1 aromatic heterocycles. The topological polar surface area (TPSA) is 68.2 Å². The van der Waals surface area contributed by atoms with Gasteiger partial charge in [-0.25, -0.2) is 0 Å². The fourth-order valence-electron chi connectivity index (χ4n) is 3.56. The number of nitrogens with zero attached hydrogens (tertiary/aromatic N) is 2. The Morgan fingerprint density at radius 3 is 2.77 bits per heavy atom. The van der Waals surface area contributed by atoms with E-state index in [4.69, 9.17) is 16.3 Å². The molecule has 0 spiro atoms. The number of rotatable bonds is 5. The Bertz CT molecular complexity index is 1060. The molecule has 2 heterocycles. The normalized spacial score (nSPS) is 12.4. The van der Waals surface area contributed by atoms with Gasteiger partial charge < -0.3 is 15.4 Å². The summed E-state index contributed by atoms with van der Waals surface area (Å²) in [4.78, 5) is 12.7. The maximum atomic E-state index is 12.7. The third kappa shape index (κ3) is 5.46. The molecule has 31 heavy (non-hydrogen) atoms. The number of amides is 1. The lowest BCUT2D eigenvalue weighted by molar-refractivity contribution is 0.102. The molecule has 0 saturated heterocycles. The van der Waals surface area contributed by atoms with Gasteiger partial charge in [-0.15, -0.1) is 0 Å². The zero-order valence-corrected chi connectivity index (χ0v) is 19.2. The van der Waals surface area contributed by atoms with Crippen molar-refractivity contribution in [1.29, 1.82) is 0 Å². The summed E-state index contributed by atoms with van der Waals surface area (Å²) in [5, 5.41) is 11.4. The highest BCUT2D eigenvalue weighted by atomic mass is 35.5. The van der Waals surface area contributed by atoms with Crippen molar-refractivity contribution in [1.82, 2.24) is 15.1 Å². The van der Waals surface area contributed by atoms with E-state index in [1.54, 1.807) is 23.9 Å². The average molecular weight is 441 g/mol. The third-order valence-corrected chi connectivity index (χ3v) is 5.36. The Hall–Kier alpha value is -2.83. The van der Waals surface area contributed by atoms with Crippen molar-refractivity contribution in [3.05, 3.63) is 75.6 Å². The van der Waals surface area contributed by atoms with E-state index in [-0.39, 0.29) is 5.91 Å². The molecule has 0 bridgehead atoms. The van der Waals surface area contributed by atoms with E-state index in [2.05, 4.69) is 27.9 Å². The molecule has 0 saturated carbocycles. The molecule has 164 valence electrons. The molecule has 0 radical (unpaired) electrons. The summed E-state index contributed by atoms with van der Waals surface area (Å²) in [5.41, 5.74) is 5.51. The first-order valence-electron chi connectivity index (χ1n) is 10.5. The summed E-state index contributed by atoms with van der Waals surface area (Å²) in [6.45, 7) is 8.22. The van der Waals surface area contributed by atoms with Gasteiger partial charge in [0.2, 0.25) is 0 Å². The van der Waals surface area contributed by atoms with Gasteiger partial charge in [0.15, 0.2) is 5.69 Å². The quantitative estimate of drug-likeness (QED) is 0.596. The molecule has 0 fully saturated rings. The van der Waals surface area contributed by atoms with Crippen LogP contribution in [0.2, 0.25) is 5.02 Å². The summed E-state index contributed by atoms with van der Waals surface area (Å²) in [5.74, 6) is 0.512. The van der Waals surface area contributed by atoms with E-state index in [1.165, 1.54) is 11.1 Å². The molecule has 0 atom stereocenters. The highest BCUT2D eigenvalue weighted by Crippen LogP contribution is 2.24. The first-order chi connectivity index (χ1) is 15.0. The maximum absolute atomic E-state index is 12.7. The minimum Gasteiger partial charge on any atom is -0.496 e. The number of anilines is 1. The lowest BCUT2D eigenvalue weighted by Crippen LogP contribution is -2.23. The van der Waals surface area contributed by atoms with Gasteiger partial charge in [-0.3, -0.25) is 9.48 Å². The number of benzene rings is 2. The first kappa shape index (κ1) is 22.8. The first-order valence-corrected chi connectivity index (χ1v) is 10.9. The van der Waals surface area contributed by atoms with Gasteiger partial charge in [-0.1, -0.05) is 31.5 Å². The van der Waals surface area contributed by atoms with Crippen molar-refractivity contribution in [2.45, 2.75) is 40.3 Å². The Kier molecular flexibility index (Phi) is 7.71. The van der Waals surface area contributed by atoms with Gasteiger partial charge >= 0.3 is 0 Å². The lowest BCUT2D eigenvalue weighted by Gasteiger charge is -2.17. The van der Waals surface area contributed by atoms with Crippen LogP contribution < -0.4 is 15.4 Å². The Morgan fingerprint density at radius 1 is 1.19 bits per heavy atom. The monoisotopic (exact) mass is 440 g/mol. The van der Waals surface area contributed by atoms with Crippen molar-refractivity contribution >= 4 is 23.2 Å². The molecular weight excluding hydrogens is 412 g/mol. The molecule has 2 aromatic carbocycles. The van der Waals surface area contributed by atoms with Gasteiger partial charge in [-0.2, -0.15) is 5.10 Å². The van der Waals surface area contributed by atoms with Crippen LogP contribution in [-0.2, 0) is 19.5 Å². The number of fused-ring (bicyclic) bond motifs is 1. The second-order valence-corrected chi connectivity index (χ2v) is 7.59. The van der Waals surface area contributed by atoms with E-state index >= 15 is 0 Å². The van der Waals surface area contributed by atoms with Crippen molar-refractivity contribution in [2.75, 3.05) is 19.0 Å². The van der Waals surface area contributed by atoms with E-state index in [9.17, 15) is 4.79 Å². The molecule has 7 heteroatoms. The van der Waals surface area contributed by atoms with Crippen LogP contribution in [0.5, 0.6) is 5.75 Å². The molecule has 1 aliphatic heterocycles. The number of carbonyl (C=O) groups is 1. The van der Waals surface area contributed by atoms with Gasteiger partial charge in [0.1, 0.15) is 5.75 Å². The number of hydrogen-bond donors (Lipinski definition) is 2. The number of aryl methyl sites for hydroxylation is 1. The van der Waals surface area contributed by atoms with Crippen LogP contribution in [0.15, 0.2) is 42.5 Å². The highest BCUT2D eigenvalue weighted by molar-refractivity contribution is 6.30. The molecule has 0 aliphatic carbocycles. The lowest BCUT2D eigenvalue weighted by atomic mass is 10.0. The Balaban J connectivity index is 0.00000132. The van der Waals surface area contributed by atoms with Crippen LogP contribution in [0.3, 0.4) is 0 Å². The van der Waals surface area contributed by atoms with Crippen LogP contribution in [0, 0.1) is 6.92 Å². The van der Waals surface area contributed by atoms with Crippen molar-refractivity contribution in [3.63, 3.8) is 0 Å². The van der Waals surface area contributed by atoms with Gasteiger partial charge in [0.25, 0.3) is 5.91 Å². The smallest absolute Gasteiger partial charge is 0.276 e. The largest absolute Gasteiger partial charge is 0.496 e. The van der Waals surface area contributed by atoms with E-state index in [0.717, 1.165) is 42.2 Å². The summed E-state index contributed by atoms with van der Waals surface area (Å²) in [6, 6.07) is 13.3. The van der Waals surface area contributed by atoms with Gasteiger partial charge in [-0.05, 0) is 67.4 Å². The number of hydrogen-bond acceptors (Lipinski definition) is 4. The van der Waals surface area contributed by atoms with Crippen LogP contribution >= 0.6 is 11.6 Å². The van der Waals surface area contributed by atoms with Crippen molar-refractivity contribution in [2.24, 2.45) is 0 Å². The predicted molar refractivity (Wildman–Crippen MR) is 125 cm³/mol. The summed E-state index contributed by atoms with van der Waals surface area (Å²) in [6.07, 6.45) is 0.967. The third-order valence-electron chi connectivity index (χ3n) is 5.13. The van der Waals surface area contributed by atoms with Crippen LogP contribution in [0.4, 0.5) is 5.69 Å². The van der Waals surface area contributed by atoms with E-state index < -0.39 is 0 Å². The van der Waals surface area contributed by atoms with Gasteiger partial charge in [0, 0.05) is 28.5 Å². The molecular formula is C24H29ClN4O2. The number of halogens is 1. The molecule has 6 nitrogen and oxygen atoms in total. The van der Waals surface area contributed by atoms with Crippen LogP contribution in [0.25, 0.3) is 0 Å². The van der Waals surface area contributed by atoms with Crippen molar-refractivity contribution in [3.8, 4) is 5.75 Å². The zero-order valence-electron chi connectivity index (χ0n) is 18.5. The molecule has 3 aromatic rings. The molecule has 1 amide bonds. The zero-order chi connectivity index (χ0) is 22.4. The summed E-state index contributed by atoms with van der Waals surface area (Å²) in [7, 11) is 1.62. The fraction of sp³-hybridized carbons (Fsp3) is 0.333. The van der Waals surface area contributed by atoms with Crippen LogP contribution in [0.1, 0.15) is 46.7 Å². The maximum Gasteiger partial charge on any atom is 0.276 e. The number of methoxy groups -OCH3 is 1. The second-order valence-electron chi connectivity index (χ2n) is 7.15. The number of aromatic nitrogens is 2. The van der Waals surface area contributed by atoms with Crippen LogP contribution in [-0.4, -0.2) is 29.3 Å². The Morgan fingerprint density at radius 2 is 2.00 bits per heavy atom. The van der Waals surface area contributed by atoms with E-state index in [0.29, 0.717) is 17.3 Å². The van der Waals surface area contributed by atoms with Crippen molar-refractivity contribution < 1.29 is 9.53 Å². The highest BCUT2D eigenvalue weighted by Gasteiger charge is 2.16. The standard InChI is InChI=1S/C22H23ClN4O2.C2H6/c1-14-9-20(26-27(14)13-17-10-18(23)4-6-21(17)29-2)22(28)25-19-5-3-16-12-24-8-7-15(16)11-19;1-2/h3-6,9-11,24H,7-8,12-13H2,1-2H3,(H,25,28);1-2H3. The summed E-state index contributed by atoms with van der Waals surface area (Å²) >= 11 is 6.12. The molecule has 0 unspecified atom stereocenters. The molecule has 2 N–H and O–H groups in total. The minimum atomic E-state index is -0.223. The molecule has 4 rings (SSSR count). The average Bonchev–Trinajstić information content (AvgIpc) is 3.15. The predicted octanol–water partition coefficient (Wildman–Crippen LogP) is 4.83. The Labute approximate surface area is 188 Å². The SMILES string of the molecule is CC.COc1ccc(Cl)cc1Cn1nc(C(=O)Nc2ccc3c(c2)CCNC3)cc1C. The molecule has 1 aliphatic rings. The summed E-state index contributed by atoms with van der Waals surface area (Å²) < 4.78 is 7.19. The van der Waals surface area contributed by atoms with E-state index in [1.807, 2.05) is 39.0 Å². The minimum absolute atomic E-state index is 0.223. The number of nitrogens with one attached hydrogen (secondary N) is 2. The number of carbonyl (C=O) groups excluding carboxylic acids is 1. The second kappa shape index (κ2) is 10.5.